The molecule has 4 aliphatic rings. The van der Waals surface area contributed by atoms with Gasteiger partial charge in [-0.1, -0.05) is 38.5 Å². The number of rotatable bonds is 6. The molecule has 9 atom stereocenters. The van der Waals surface area contributed by atoms with Crippen LogP contribution in [0.4, 0.5) is 0 Å². The number of fused-ring (bicyclic) bond motifs is 5. The Morgan fingerprint density at radius 1 is 1.12 bits per heavy atom. The van der Waals surface area contributed by atoms with Crippen molar-refractivity contribution in [1.29, 1.82) is 0 Å². The van der Waals surface area contributed by atoms with E-state index in [1.165, 1.54) is 63.8 Å². The lowest BCUT2D eigenvalue weighted by atomic mass is 9.44. The molecule has 0 heterocycles. The van der Waals surface area contributed by atoms with Gasteiger partial charge in [0.15, 0.2) is 0 Å². The van der Waals surface area contributed by atoms with Gasteiger partial charge in [0.25, 0.3) is 0 Å². The fourth-order valence-electron chi connectivity index (χ4n) is 9.22. The van der Waals surface area contributed by atoms with Crippen LogP contribution in [-0.4, -0.2) is 29.3 Å². The molecule has 0 unspecified atom stereocenters. The number of methoxy groups -OCH3 is 1. The van der Waals surface area contributed by atoms with E-state index < -0.39 is 0 Å². The fraction of sp³-hybridized carbons (Fsp3) is 0.862. The summed E-state index contributed by atoms with van der Waals surface area (Å²) in [7, 11) is 1.50. The van der Waals surface area contributed by atoms with Crippen LogP contribution >= 0.6 is 24.0 Å². The maximum absolute atomic E-state index is 11.7. The number of esters is 1. The second-order valence-electron chi connectivity index (χ2n) is 12.2. The van der Waals surface area contributed by atoms with Gasteiger partial charge in [-0.3, -0.25) is 4.79 Å². The number of hydrogen-bond acceptors (Lipinski definition) is 5. The Kier molecular flexibility index (Phi) is 8.30. The van der Waals surface area contributed by atoms with Crippen molar-refractivity contribution in [2.45, 2.75) is 97.5 Å². The maximum Gasteiger partial charge on any atom is 0.305 e. The van der Waals surface area contributed by atoms with Crippen LogP contribution in [0.15, 0.2) is 0 Å². The highest BCUT2D eigenvalue weighted by molar-refractivity contribution is 8.22. The summed E-state index contributed by atoms with van der Waals surface area (Å²) >= 11 is 6.90. The summed E-state index contributed by atoms with van der Waals surface area (Å²) in [5.41, 5.74) is 0.896. The second-order valence-corrected chi connectivity index (χ2v) is 13.8. The van der Waals surface area contributed by atoms with Gasteiger partial charge in [0.1, 0.15) is 6.10 Å². The average Bonchev–Trinajstić information content (AvgIpc) is 3.18. The number of terminal acetylenes is 1. The maximum atomic E-state index is 11.7. The van der Waals surface area contributed by atoms with E-state index in [2.05, 4.69) is 26.7 Å². The van der Waals surface area contributed by atoms with Gasteiger partial charge in [-0.2, -0.15) is 0 Å². The molecule has 0 radical (unpaired) electrons. The average molecular weight is 505 g/mol. The first kappa shape index (κ1) is 26.3. The summed E-state index contributed by atoms with van der Waals surface area (Å²) in [5.74, 6) is 7.88. The number of carbonyl (C=O) groups excluding carboxylic acids is 1. The van der Waals surface area contributed by atoms with Crippen molar-refractivity contribution in [2.24, 2.45) is 46.3 Å². The Balaban J connectivity index is 1.40. The van der Waals surface area contributed by atoms with E-state index in [9.17, 15) is 4.79 Å². The molecule has 5 heteroatoms. The van der Waals surface area contributed by atoms with Gasteiger partial charge < -0.3 is 9.47 Å². The zero-order chi connectivity index (χ0) is 24.5. The molecule has 190 valence electrons. The Labute approximate surface area is 217 Å². The van der Waals surface area contributed by atoms with E-state index in [1.54, 1.807) is 0 Å². The minimum Gasteiger partial charge on any atom is -0.475 e. The third-order valence-corrected chi connectivity index (χ3v) is 12.0. The van der Waals surface area contributed by atoms with Crippen LogP contribution in [0, 0.1) is 58.7 Å². The molecule has 0 amide bonds. The fourth-order valence-corrected chi connectivity index (χ4v) is 9.94. The number of thioether (sulfide) groups is 1. The summed E-state index contributed by atoms with van der Waals surface area (Å²) in [6.07, 6.45) is 18.9. The van der Waals surface area contributed by atoms with Crippen molar-refractivity contribution in [1.82, 2.24) is 0 Å². The highest BCUT2D eigenvalue weighted by Gasteiger charge is 2.60. The van der Waals surface area contributed by atoms with Gasteiger partial charge in [0, 0.05) is 6.42 Å². The Hall–Kier alpha value is -0.730. The van der Waals surface area contributed by atoms with E-state index in [-0.39, 0.29) is 12.1 Å². The molecule has 4 rings (SSSR count). The number of carbonyl (C=O) groups is 1. The van der Waals surface area contributed by atoms with E-state index in [1.807, 2.05) is 0 Å². The molecule has 0 aromatic carbocycles. The van der Waals surface area contributed by atoms with Crippen LogP contribution in [0.3, 0.4) is 0 Å². The Morgan fingerprint density at radius 3 is 2.59 bits per heavy atom. The van der Waals surface area contributed by atoms with Gasteiger partial charge >= 0.3 is 5.97 Å². The van der Waals surface area contributed by atoms with E-state index in [0.29, 0.717) is 33.3 Å². The van der Waals surface area contributed by atoms with E-state index in [4.69, 9.17) is 28.1 Å². The van der Waals surface area contributed by atoms with E-state index in [0.717, 1.165) is 48.9 Å². The van der Waals surface area contributed by atoms with Gasteiger partial charge in [-0.25, -0.2) is 0 Å². The largest absolute Gasteiger partial charge is 0.475 e. The predicted octanol–water partition coefficient (Wildman–Crippen LogP) is 7.27. The lowest BCUT2D eigenvalue weighted by molar-refractivity contribution is -0.141. The van der Waals surface area contributed by atoms with Crippen LogP contribution < -0.4 is 0 Å². The molecule has 0 aromatic heterocycles. The third-order valence-electron chi connectivity index (χ3n) is 10.9. The lowest BCUT2D eigenvalue weighted by Gasteiger charge is -2.61. The third kappa shape index (κ3) is 4.93. The molecule has 0 aliphatic heterocycles. The number of thiocarbonyl (C=S) groups is 1. The van der Waals surface area contributed by atoms with Crippen LogP contribution in [0.25, 0.3) is 0 Å². The molecule has 0 N–H and O–H groups in total. The molecule has 0 spiro atoms. The number of hydrogen-bond donors (Lipinski definition) is 0. The van der Waals surface area contributed by atoms with Gasteiger partial charge in [0.2, 0.25) is 4.38 Å². The van der Waals surface area contributed by atoms with Crippen molar-refractivity contribution in [2.75, 3.05) is 12.9 Å². The lowest BCUT2D eigenvalue weighted by Crippen LogP contribution is -2.54. The molecule has 34 heavy (non-hydrogen) atoms. The zero-order valence-electron chi connectivity index (χ0n) is 21.6. The number of ether oxygens (including phenoxy) is 2. The van der Waals surface area contributed by atoms with Crippen molar-refractivity contribution >= 4 is 34.3 Å². The van der Waals surface area contributed by atoms with Crippen LogP contribution in [-0.2, 0) is 14.3 Å². The minimum atomic E-state index is -0.0588. The molecular formula is C29H44O3S2. The van der Waals surface area contributed by atoms with Gasteiger partial charge in [0.05, 0.1) is 12.9 Å². The van der Waals surface area contributed by atoms with Crippen molar-refractivity contribution in [3.63, 3.8) is 0 Å². The van der Waals surface area contributed by atoms with Gasteiger partial charge in [-0.05, 0) is 123 Å². The smallest absolute Gasteiger partial charge is 0.305 e. The summed E-state index contributed by atoms with van der Waals surface area (Å²) in [6, 6.07) is 0. The highest BCUT2D eigenvalue weighted by atomic mass is 32.2. The molecule has 4 fully saturated rings. The van der Waals surface area contributed by atoms with E-state index >= 15 is 0 Å². The molecule has 0 saturated heterocycles. The molecule has 0 bridgehead atoms. The first-order chi connectivity index (χ1) is 16.2. The van der Waals surface area contributed by atoms with Crippen molar-refractivity contribution in [3.8, 4) is 12.3 Å². The molecule has 4 aliphatic carbocycles. The predicted molar refractivity (Wildman–Crippen MR) is 144 cm³/mol. The summed E-state index contributed by atoms with van der Waals surface area (Å²) < 4.78 is 11.7. The van der Waals surface area contributed by atoms with Gasteiger partial charge in [-0.15, -0.1) is 6.42 Å². The second kappa shape index (κ2) is 10.7. The summed E-state index contributed by atoms with van der Waals surface area (Å²) in [4.78, 5) is 11.7. The first-order valence-electron chi connectivity index (χ1n) is 13.6. The van der Waals surface area contributed by atoms with Crippen LogP contribution in [0.5, 0.6) is 0 Å². The van der Waals surface area contributed by atoms with Crippen LogP contribution in [0.2, 0.25) is 0 Å². The Bertz CT molecular complexity index is 806. The Morgan fingerprint density at radius 2 is 1.85 bits per heavy atom. The topological polar surface area (TPSA) is 35.5 Å². The first-order valence-corrected chi connectivity index (χ1v) is 15.0. The van der Waals surface area contributed by atoms with Crippen molar-refractivity contribution in [3.05, 3.63) is 0 Å². The SMILES string of the molecule is C#CCSC(=S)O[C@@H]1CC[C@@]2(C)[C@H](CC[C@@H]3[C@@H]2CC[C@]2(C)[C@@H]([C@H](C)CCC(=O)OC)CC[C@@H]32)C1. The summed E-state index contributed by atoms with van der Waals surface area (Å²) in [5, 5.41) is 0. The van der Waals surface area contributed by atoms with Crippen molar-refractivity contribution < 1.29 is 14.3 Å². The normalized spacial score (nSPS) is 41.9. The molecule has 0 aromatic rings. The summed E-state index contributed by atoms with van der Waals surface area (Å²) in [6.45, 7) is 7.61. The monoisotopic (exact) mass is 504 g/mol. The molecular weight excluding hydrogens is 460 g/mol. The zero-order valence-corrected chi connectivity index (χ0v) is 23.3. The molecule has 4 saturated carbocycles. The minimum absolute atomic E-state index is 0.0588. The molecule has 3 nitrogen and oxygen atoms in total. The highest BCUT2D eigenvalue weighted by Crippen LogP contribution is 2.68. The van der Waals surface area contributed by atoms with Crippen LogP contribution in [0.1, 0.15) is 91.4 Å². The standard InChI is InChI=1S/C29H44O3S2/c1-6-17-34-27(33)32-21-13-15-28(3)20(18-21)8-9-22-24-11-10-23(19(2)7-12-26(30)31-5)29(24,4)16-14-25(22)28/h1,19-25H,7-18H2,2-5H3/t19-,20-,21-,22+,23-,24+,25+,28+,29-/m1/s1. The quantitative estimate of drug-likeness (QED) is 0.216.